The summed E-state index contributed by atoms with van der Waals surface area (Å²) in [6.45, 7) is 0. The van der Waals surface area contributed by atoms with E-state index >= 15 is 0 Å². The topological polar surface area (TPSA) is 49.3 Å². The molecule has 3 nitrogen and oxygen atoms in total. The van der Waals surface area contributed by atoms with Gasteiger partial charge >= 0.3 is 12.3 Å². The van der Waals surface area contributed by atoms with Crippen molar-refractivity contribution >= 4 is 6.09 Å². The van der Waals surface area contributed by atoms with E-state index < -0.39 is 17.8 Å². The Bertz CT molecular complexity index is 771. The molecule has 2 N–H and O–H groups in total. The Morgan fingerprint density at radius 1 is 1.12 bits per heavy atom. The van der Waals surface area contributed by atoms with Crippen LogP contribution in [0.5, 0.6) is 0 Å². The second kappa shape index (κ2) is 6.19. The minimum atomic E-state index is -4.39. The minimum absolute atomic E-state index is 0.322. The van der Waals surface area contributed by atoms with E-state index in [9.17, 15) is 18.0 Å². The summed E-state index contributed by atoms with van der Waals surface area (Å²) in [6.07, 6.45) is -3.09. The summed E-state index contributed by atoms with van der Waals surface area (Å²) in [6, 6.07) is 10.3. The lowest BCUT2D eigenvalue weighted by Gasteiger charge is -2.26. The molecule has 1 unspecified atom stereocenters. The van der Waals surface area contributed by atoms with E-state index in [1.54, 1.807) is 18.2 Å². The number of hydrogen-bond donors (Lipinski definition) is 2. The van der Waals surface area contributed by atoms with Crippen LogP contribution >= 0.6 is 0 Å². The fourth-order valence-corrected chi connectivity index (χ4v) is 3.15. The van der Waals surface area contributed by atoms with Crippen molar-refractivity contribution in [1.82, 2.24) is 5.32 Å². The summed E-state index contributed by atoms with van der Waals surface area (Å²) < 4.78 is 38.7. The van der Waals surface area contributed by atoms with Gasteiger partial charge in [-0.05, 0) is 59.7 Å². The molecule has 0 aliphatic heterocycles. The van der Waals surface area contributed by atoms with E-state index in [1.165, 1.54) is 6.07 Å². The van der Waals surface area contributed by atoms with Gasteiger partial charge in [-0.15, -0.1) is 0 Å². The standard InChI is InChI=1S/C18H16F3NO2/c19-18(20,21)14-5-1-4-12(9-14)13-8-7-11-3-2-6-16(15(11)10-13)22-17(23)24/h1,4-5,7-10,16,22H,2-3,6H2,(H,23,24). The van der Waals surface area contributed by atoms with Gasteiger partial charge in [0, 0.05) is 0 Å². The lowest BCUT2D eigenvalue weighted by Crippen LogP contribution is -2.29. The number of carboxylic acid groups (broad SMARTS) is 1. The normalized spacial score (nSPS) is 17.2. The molecule has 0 bridgehead atoms. The van der Waals surface area contributed by atoms with Crippen LogP contribution in [-0.2, 0) is 12.6 Å². The van der Waals surface area contributed by atoms with E-state index in [0.717, 1.165) is 36.1 Å². The third kappa shape index (κ3) is 3.37. The number of hydrogen-bond acceptors (Lipinski definition) is 1. The zero-order chi connectivity index (χ0) is 17.3. The monoisotopic (exact) mass is 335 g/mol. The first-order chi connectivity index (χ1) is 11.3. The van der Waals surface area contributed by atoms with Gasteiger partial charge in [-0.2, -0.15) is 13.2 Å². The second-order valence-corrected chi connectivity index (χ2v) is 5.89. The van der Waals surface area contributed by atoms with E-state index in [1.807, 2.05) is 6.07 Å². The number of amides is 1. The largest absolute Gasteiger partial charge is 0.465 e. The molecule has 126 valence electrons. The summed E-state index contributed by atoms with van der Waals surface area (Å²) in [7, 11) is 0. The minimum Gasteiger partial charge on any atom is -0.465 e. The summed E-state index contributed by atoms with van der Waals surface area (Å²) in [5.74, 6) is 0. The van der Waals surface area contributed by atoms with E-state index in [0.29, 0.717) is 17.5 Å². The molecule has 0 saturated heterocycles. The van der Waals surface area contributed by atoms with E-state index in [-0.39, 0.29) is 6.04 Å². The molecule has 0 fully saturated rings. The van der Waals surface area contributed by atoms with Gasteiger partial charge in [-0.3, -0.25) is 0 Å². The Labute approximate surface area is 137 Å². The molecule has 0 radical (unpaired) electrons. The first-order valence-electron chi connectivity index (χ1n) is 7.64. The van der Waals surface area contributed by atoms with Gasteiger partial charge in [0.15, 0.2) is 0 Å². The number of aryl methyl sites for hydroxylation is 1. The molecule has 6 heteroatoms. The van der Waals surface area contributed by atoms with E-state index in [2.05, 4.69) is 5.32 Å². The fourth-order valence-electron chi connectivity index (χ4n) is 3.15. The first kappa shape index (κ1) is 16.4. The molecule has 1 amide bonds. The predicted molar refractivity (Wildman–Crippen MR) is 83.7 cm³/mol. The second-order valence-electron chi connectivity index (χ2n) is 5.89. The van der Waals surface area contributed by atoms with Gasteiger partial charge in [-0.25, -0.2) is 4.79 Å². The first-order valence-corrected chi connectivity index (χ1v) is 7.64. The summed E-state index contributed by atoms with van der Waals surface area (Å²) in [5.41, 5.74) is 2.30. The Kier molecular flexibility index (Phi) is 4.22. The zero-order valence-electron chi connectivity index (χ0n) is 12.7. The predicted octanol–water partition coefficient (Wildman–Crippen LogP) is 5.02. The summed E-state index contributed by atoms with van der Waals surface area (Å²) in [5, 5.41) is 11.5. The SMILES string of the molecule is O=C(O)NC1CCCc2ccc(-c3cccc(C(F)(F)F)c3)cc21. The van der Waals surface area contributed by atoms with Gasteiger partial charge in [0.05, 0.1) is 11.6 Å². The van der Waals surface area contributed by atoms with Gasteiger partial charge in [0.2, 0.25) is 0 Å². The number of carbonyl (C=O) groups is 1. The molecule has 2 aromatic rings. The zero-order valence-corrected chi connectivity index (χ0v) is 12.7. The Hall–Kier alpha value is -2.50. The average molecular weight is 335 g/mol. The lowest BCUT2D eigenvalue weighted by molar-refractivity contribution is -0.137. The van der Waals surface area contributed by atoms with Crippen LogP contribution in [0.15, 0.2) is 42.5 Å². The molecule has 0 heterocycles. The van der Waals surface area contributed by atoms with Crippen LogP contribution in [0, 0.1) is 0 Å². The molecule has 3 rings (SSSR count). The quantitative estimate of drug-likeness (QED) is 0.810. The number of fused-ring (bicyclic) bond motifs is 1. The van der Waals surface area contributed by atoms with Gasteiger partial charge in [0.25, 0.3) is 0 Å². The van der Waals surface area contributed by atoms with E-state index in [4.69, 9.17) is 5.11 Å². The molecule has 0 spiro atoms. The van der Waals surface area contributed by atoms with Crippen molar-refractivity contribution in [1.29, 1.82) is 0 Å². The Morgan fingerprint density at radius 2 is 1.88 bits per heavy atom. The van der Waals surface area contributed by atoms with Crippen LogP contribution in [0.1, 0.15) is 35.6 Å². The molecular formula is C18H16F3NO2. The maximum atomic E-state index is 12.9. The van der Waals surface area contributed by atoms with Crippen LogP contribution in [0.3, 0.4) is 0 Å². The summed E-state index contributed by atoms with van der Waals surface area (Å²) in [4.78, 5) is 11.0. The fraction of sp³-hybridized carbons (Fsp3) is 0.278. The molecule has 24 heavy (non-hydrogen) atoms. The third-order valence-corrected chi connectivity index (χ3v) is 4.28. The highest BCUT2D eigenvalue weighted by Gasteiger charge is 2.30. The van der Waals surface area contributed by atoms with Crippen LogP contribution < -0.4 is 5.32 Å². The molecule has 1 aliphatic carbocycles. The number of halogens is 3. The average Bonchev–Trinajstić information content (AvgIpc) is 2.54. The van der Waals surface area contributed by atoms with Crippen molar-refractivity contribution in [3.8, 4) is 11.1 Å². The molecule has 0 saturated carbocycles. The number of rotatable bonds is 2. The lowest BCUT2D eigenvalue weighted by atomic mass is 9.85. The number of benzene rings is 2. The molecular weight excluding hydrogens is 319 g/mol. The van der Waals surface area contributed by atoms with Crippen molar-refractivity contribution in [3.63, 3.8) is 0 Å². The Morgan fingerprint density at radius 3 is 2.58 bits per heavy atom. The highest BCUT2D eigenvalue weighted by atomic mass is 19.4. The van der Waals surface area contributed by atoms with Crippen molar-refractivity contribution in [3.05, 3.63) is 59.2 Å². The maximum absolute atomic E-state index is 12.9. The van der Waals surface area contributed by atoms with Gasteiger partial charge in [0.1, 0.15) is 0 Å². The van der Waals surface area contributed by atoms with Gasteiger partial charge in [-0.1, -0.05) is 24.3 Å². The molecule has 0 aromatic heterocycles. The molecule has 1 atom stereocenters. The highest BCUT2D eigenvalue weighted by Crippen LogP contribution is 2.35. The smallest absolute Gasteiger partial charge is 0.416 e. The van der Waals surface area contributed by atoms with Crippen LogP contribution in [0.2, 0.25) is 0 Å². The van der Waals surface area contributed by atoms with Crippen molar-refractivity contribution in [2.75, 3.05) is 0 Å². The van der Waals surface area contributed by atoms with Gasteiger partial charge < -0.3 is 10.4 Å². The highest BCUT2D eigenvalue weighted by molar-refractivity contribution is 5.68. The molecule has 1 aliphatic rings. The van der Waals surface area contributed by atoms with Crippen molar-refractivity contribution in [2.45, 2.75) is 31.5 Å². The number of nitrogens with one attached hydrogen (secondary N) is 1. The van der Waals surface area contributed by atoms with Crippen molar-refractivity contribution < 1.29 is 23.1 Å². The van der Waals surface area contributed by atoms with Crippen LogP contribution in [0.4, 0.5) is 18.0 Å². The summed E-state index contributed by atoms with van der Waals surface area (Å²) >= 11 is 0. The molecule has 2 aromatic carbocycles. The third-order valence-electron chi connectivity index (χ3n) is 4.28. The van der Waals surface area contributed by atoms with Crippen LogP contribution in [0.25, 0.3) is 11.1 Å². The Balaban J connectivity index is 2.00. The van der Waals surface area contributed by atoms with Crippen molar-refractivity contribution in [2.24, 2.45) is 0 Å². The van der Waals surface area contributed by atoms with Crippen LogP contribution in [-0.4, -0.2) is 11.2 Å². The maximum Gasteiger partial charge on any atom is 0.416 e. The number of alkyl halides is 3.